The third-order valence-electron chi connectivity index (χ3n) is 10.1. The maximum Gasteiger partial charge on any atom is 0.131 e. The molecule has 2 aliphatic rings. The maximum atomic E-state index is 5.33. The molecule has 2 unspecified atom stereocenters. The predicted octanol–water partition coefficient (Wildman–Crippen LogP) is 10.1. The van der Waals surface area contributed by atoms with Gasteiger partial charge in [-0.15, -0.1) is 0 Å². The first-order valence-corrected chi connectivity index (χ1v) is 17.0. The van der Waals surface area contributed by atoms with E-state index in [1.54, 1.807) is 0 Å². The van der Waals surface area contributed by atoms with Gasteiger partial charge in [-0.3, -0.25) is 5.32 Å². The first-order valence-electron chi connectivity index (χ1n) is 17.0. The Morgan fingerprint density at radius 1 is 0.429 bits per heavy atom. The average Bonchev–Trinajstić information content (AvgIpc) is 3.49. The van der Waals surface area contributed by atoms with Gasteiger partial charge in [-0.1, -0.05) is 188 Å². The Kier molecular flexibility index (Phi) is 7.26. The molecule has 0 fully saturated rings. The summed E-state index contributed by atoms with van der Waals surface area (Å²) >= 11 is 0. The summed E-state index contributed by atoms with van der Waals surface area (Å²) in [4.78, 5) is 5.33. The Bertz CT molecular complexity index is 2220. The molecule has 7 aromatic rings. The molecule has 0 radical (unpaired) electrons. The summed E-state index contributed by atoms with van der Waals surface area (Å²) in [5.74, 6) is 0.877. The largest absolute Gasteiger partial charge is 0.350 e. The molecule has 1 aliphatic carbocycles. The zero-order chi connectivity index (χ0) is 32.6. The number of nitrogens with zero attached hydrogens (tertiary/aromatic N) is 1. The van der Waals surface area contributed by atoms with E-state index in [1.807, 2.05) is 6.07 Å². The Morgan fingerprint density at radius 2 is 0.939 bits per heavy atom. The Balaban J connectivity index is 1.18. The lowest BCUT2D eigenvalue weighted by molar-refractivity contribution is 0.408. The monoisotopic (exact) mass is 629 g/mol. The molecule has 49 heavy (non-hydrogen) atoms. The van der Waals surface area contributed by atoms with Crippen LogP contribution in [0.25, 0.3) is 22.3 Å². The lowest BCUT2D eigenvalue weighted by atomic mass is 9.67. The van der Waals surface area contributed by atoms with Crippen LogP contribution in [0.1, 0.15) is 51.3 Å². The Labute approximate surface area is 287 Å². The fourth-order valence-corrected chi connectivity index (χ4v) is 7.77. The standard InChI is InChI=1S/C46H35N3/c1-5-15-32(16-6-1)33-25-27-35(28-26-33)44-47-43(34-17-7-2-8-18-34)48-45(49-44)36-29-30-40-39-23-13-14-24-41(39)46(42(40)31-36,37-19-9-3-10-20-37)38-21-11-4-12-22-38/h1-31,44-45,49H,(H,47,48). The Hall–Kier alpha value is -6.03. The number of hydrogen-bond donors (Lipinski definition) is 2. The molecule has 1 heterocycles. The van der Waals surface area contributed by atoms with Gasteiger partial charge in [-0.25, -0.2) is 4.99 Å². The molecule has 0 aromatic heterocycles. The molecular weight excluding hydrogens is 595 g/mol. The molecule has 7 aromatic carbocycles. The second-order valence-electron chi connectivity index (χ2n) is 12.8. The van der Waals surface area contributed by atoms with Crippen LogP contribution in [0.2, 0.25) is 0 Å². The molecule has 0 saturated carbocycles. The fraction of sp³-hybridized carbons (Fsp3) is 0.0652. The van der Waals surface area contributed by atoms with Crippen LogP contribution in [-0.4, -0.2) is 5.84 Å². The molecule has 0 amide bonds. The number of nitrogens with one attached hydrogen (secondary N) is 2. The minimum atomic E-state index is -0.462. The van der Waals surface area contributed by atoms with Crippen LogP contribution in [0.4, 0.5) is 0 Å². The summed E-state index contributed by atoms with van der Waals surface area (Å²) in [7, 11) is 0. The number of rotatable bonds is 6. The minimum Gasteiger partial charge on any atom is -0.350 e. The van der Waals surface area contributed by atoms with Crippen LogP contribution in [0.3, 0.4) is 0 Å². The topological polar surface area (TPSA) is 36.4 Å². The van der Waals surface area contributed by atoms with Crippen LogP contribution in [0.15, 0.2) is 193 Å². The van der Waals surface area contributed by atoms with E-state index in [2.05, 4.69) is 193 Å². The lowest BCUT2D eigenvalue weighted by Crippen LogP contribution is -2.45. The van der Waals surface area contributed by atoms with Crippen molar-refractivity contribution in [2.45, 2.75) is 17.7 Å². The van der Waals surface area contributed by atoms with Gasteiger partial charge in [-0.2, -0.15) is 0 Å². The molecule has 0 bridgehead atoms. The minimum absolute atomic E-state index is 0.138. The van der Waals surface area contributed by atoms with E-state index in [0.717, 1.165) is 22.5 Å². The average molecular weight is 630 g/mol. The first kappa shape index (κ1) is 29.1. The van der Waals surface area contributed by atoms with Gasteiger partial charge in [0.2, 0.25) is 0 Å². The fourth-order valence-electron chi connectivity index (χ4n) is 7.77. The molecule has 0 spiro atoms. The summed E-state index contributed by atoms with van der Waals surface area (Å²) in [5.41, 5.74) is 12.9. The highest BCUT2D eigenvalue weighted by atomic mass is 15.3. The smallest absolute Gasteiger partial charge is 0.131 e. The van der Waals surface area contributed by atoms with Crippen molar-refractivity contribution in [3.8, 4) is 22.3 Å². The molecule has 3 nitrogen and oxygen atoms in total. The summed E-state index contributed by atoms with van der Waals surface area (Å²) in [6, 6.07) is 67.6. The summed E-state index contributed by atoms with van der Waals surface area (Å²) in [6.07, 6.45) is -0.408. The van der Waals surface area contributed by atoms with Crippen molar-refractivity contribution in [3.63, 3.8) is 0 Å². The van der Waals surface area contributed by atoms with Crippen molar-refractivity contribution in [1.29, 1.82) is 0 Å². The van der Waals surface area contributed by atoms with Gasteiger partial charge in [0, 0.05) is 5.56 Å². The SMILES string of the molecule is c1ccc(C2=NC(c3ccc4c(c3)C(c3ccccc3)(c3ccccc3)c3ccccc3-4)NC(c3ccc(-c4ccccc4)cc3)N2)cc1. The number of hydrogen-bond acceptors (Lipinski definition) is 3. The van der Waals surface area contributed by atoms with Crippen LogP contribution in [0.5, 0.6) is 0 Å². The maximum absolute atomic E-state index is 5.33. The number of amidine groups is 1. The zero-order valence-corrected chi connectivity index (χ0v) is 27.0. The normalized spacial score (nSPS) is 17.3. The highest BCUT2D eigenvalue weighted by Crippen LogP contribution is 2.56. The van der Waals surface area contributed by atoms with Gasteiger partial charge >= 0.3 is 0 Å². The van der Waals surface area contributed by atoms with Crippen LogP contribution in [-0.2, 0) is 5.41 Å². The summed E-state index contributed by atoms with van der Waals surface area (Å²) in [6.45, 7) is 0. The first-order chi connectivity index (χ1) is 24.3. The van der Waals surface area contributed by atoms with Gasteiger partial charge in [0.15, 0.2) is 0 Å². The lowest BCUT2D eigenvalue weighted by Gasteiger charge is -2.35. The molecule has 234 valence electrons. The molecule has 1 aliphatic heterocycles. The van der Waals surface area contributed by atoms with Crippen molar-refractivity contribution >= 4 is 5.84 Å². The quantitative estimate of drug-likeness (QED) is 0.192. The van der Waals surface area contributed by atoms with Crippen molar-refractivity contribution in [3.05, 3.63) is 227 Å². The van der Waals surface area contributed by atoms with Gasteiger partial charge in [0.1, 0.15) is 18.2 Å². The van der Waals surface area contributed by atoms with E-state index in [4.69, 9.17) is 4.99 Å². The van der Waals surface area contributed by atoms with Crippen LogP contribution < -0.4 is 10.6 Å². The van der Waals surface area contributed by atoms with Gasteiger partial charge < -0.3 is 5.32 Å². The second kappa shape index (κ2) is 12.2. The van der Waals surface area contributed by atoms with E-state index >= 15 is 0 Å². The third-order valence-corrected chi connectivity index (χ3v) is 10.1. The van der Waals surface area contributed by atoms with Crippen molar-refractivity contribution in [2.24, 2.45) is 4.99 Å². The van der Waals surface area contributed by atoms with Gasteiger partial charge in [0.05, 0.1) is 5.41 Å². The summed E-state index contributed by atoms with van der Waals surface area (Å²) < 4.78 is 0. The zero-order valence-electron chi connectivity index (χ0n) is 27.0. The molecule has 2 N–H and O–H groups in total. The molecule has 9 rings (SSSR count). The predicted molar refractivity (Wildman–Crippen MR) is 200 cm³/mol. The molecule has 2 atom stereocenters. The van der Waals surface area contributed by atoms with Crippen LogP contribution >= 0.6 is 0 Å². The number of aliphatic imine (C=N–C) groups is 1. The summed E-state index contributed by atoms with van der Waals surface area (Å²) in [5, 5.41) is 7.58. The highest BCUT2D eigenvalue weighted by molar-refractivity contribution is 5.99. The van der Waals surface area contributed by atoms with E-state index in [9.17, 15) is 0 Å². The molecule has 0 saturated heterocycles. The highest BCUT2D eigenvalue weighted by Gasteiger charge is 2.46. The van der Waals surface area contributed by atoms with Crippen molar-refractivity contribution in [1.82, 2.24) is 10.6 Å². The van der Waals surface area contributed by atoms with E-state index < -0.39 is 5.41 Å². The van der Waals surface area contributed by atoms with Crippen LogP contribution in [0, 0.1) is 0 Å². The molecular formula is C46H35N3. The van der Waals surface area contributed by atoms with Gasteiger partial charge in [-0.05, 0) is 55.6 Å². The van der Waals surface area contributed by atoms with Crippen molar-refractivity contribution < 1.29 is 0 Å². The molecule has 3 heteroatoms. The van der Waals surface area contributed by atoms with Gasteiger partial charge in [0.25, 0.3) is 0 Å². The number of benzene rings is 7. The third kappa shape index (κ3) is 4.99. The number of fused-ring (bicyclic) bond motifs is 3. The Morgan fingerprint density at radius 3 is 1.59 bits per heavy atom. The van der Waals surface area contributed by atoms with E-state index in [-0.39, 0.29) is 12.3 Å². The van der Waals surface area contributed by atoms with Crippen molar-refractivity contribution in [2.75, 3.05) is 0 Å². The van der Waals surface area contributed by atoms with E-state index in [0.29, 0.717) is 0 Å². The second-order valence-corrected chi connectivity index (χ2v) is 12.8. The van der Waals surface area contributed by atoms with E-state index in [1.165, 1.54) is 44.5 Å².